The van der Waals surface area contributed by atoms with Crippen LogP contribution in [0.3, 0.4) is 0 Å². The van der Waals surface area contributed by atoms with Gasteiger partial charge in [0.2, 0.25) is 0 Å². The van der Waals surface area contributed by atoms with Gasteiger partial charge in [0, 0.05) is 6.07 Å². The lowest BCUT2D eigenvalue weighted by Crippen LogP contribution is -2.31. The van der Waals surface area contributed by atoms with Crippen molar-refractivity contribution < 1.29 is 30.7 Å². The molecule has 0 aliphatic carbocycles. The van der Waals surface area contributed by atoms with Crippen molar-refractivity contribution in [2.75, 3.05) is 0 Å². The molecule has 0 saturated carbocycles. The Morgan fingerprint density at radius 3 is 1.59 bits per heavy atom. The van der Waals surface area contributed by atoms with Crippen LogP contribution in [0.2, 0.25) is 0 Å². The van der Waals surface area contributed by atoms with E-state index in [1.165, 1.54) is 0 Å². The third-order valence-corrected chi connectivity index (χ3v) is 1.81. The Bertz CT molecular complexity index is 391. The Labute approximate surface area is 96.8 Å². The standard InChI is InChI=1S/C8H4F7N.ClH/c9-2-1-3(10)6(12)4(5(2)11)7(16)8(13,14)15;/h1,7H,16H2;1H/t7-;/m0./s1. The first kappa shape index (κ1) is 16.0. The first-order valence-electron chi connectivity index (χ1n) is 3.81. The molecule has 17 heavy (non-hydrogen) atoms. The monoisotopic (exact) mass is 283 g/mol. The molecule has 0 amide bonds. The summed E-state index contributed by atoms with van der Waals surface area (Å²) in [6.45, 7) is 0. The molecular weight excluding hydrogens is 279 g/mol. The summed E-state index contributed by atoms with van der Waals surface area (Å²) < 4.78 is 87.0. The summed E-state index contributed by atoms with van der Waals surface area (Å²) in [5, 5.41) is 0. The van der Waals surface area contributed by atoms with Crippen molar-refractivity contribution in [1.82, 2.24) is 0 Å². The maximum Gasteiger partial charge on any atom is 0.407 e. The molecule has 1 aromatic rings. The fourth-order valence-corrected chi connectivity index (χ4v) is 1.03. The molecule has 2 N–H and O–H groups in total. The molecule has 0 unspecified atom stereocenters. The van der Waals surface area contributed by atoms with E-state index in [-0.39, 0.29) is 18.5 Å². The zero-order valence-corrected chi connectivity index (χ0v) is 8.60. The summed E-state index contributed by atoms with van der Waals surface area (Å²) in [6, 6.07) is -3.32. The van der Waals surface area contributed by atoms with Crippen LogP contribution in [0, 0.1) is 23.3 Å². The first-order valence-corrected chi connectivity index (χ1v) is 3.81. The maximum atomic E-state index is 12.9. The van der Waals surface area contributed by atoms with Crippen molar-refractivity contribution in [3.63, 3.8) is 0 Å². The van der Waals surface area contributed by atoms with Gasteiger partial charge in [0.1, 0.15) is 6.04 Å². The molecule has 0 radical (unpaired) electrons. The van der Waals surface area contributed by atoms with Crippen molar-refractivity contribution in [3.8, 4) is 0 Å². The lowest BCUT2D eigenvalue weighted by atomic mass is 10.1. The van der Waals surface area contributed by atoms with Crippen LogP contribution in [0.15, 0.2) is 6.07 Å². The molecule has 0 bridgehead atoms. The molecule has 0 fully saturated rings. The number of alkyl halides is 3. The van der Waals surface area contributed by atoms with Crippen LogP contribution in [-0.4, -0.2) is 6.18 Å². The van der Waals surface area contributed by atoms with E-state index in [4.69, 9.17) is 0 Å². The molecule has 0 spiro atoms. The molecule has 1 atom stereocenters. The Morgan fingerprint density at radius 2 is 1.29 bits per heavy atom. The van der Waals surface area contributed by atoms with Gasteiger partial charge < -0.3 is 5.73 Å². The van der Waals surface area contributed by atoms with Gasteiger partial charge in [-0.05, 0) is 0 Å². The van der Waals surface area contributed by atoms with Gasteiger partial charge >= 0.3 is 6.18 Å². The third-order valence-electron chi connectivity index (χ3n) is 1.81. The summed E-state index contributed by atoms with van der Waals surface area (Å²) in [5.74, 6) is -8.17. The number of hydrogen-bond acceptors (Lipinski definition) is 1. The maximum absolute atomic E-state index is 12.9. The summed E-state index contributed by atoms with van der Waals surface area (Å²) in [5.41, 5.74) is 2.60. The third kappa shape index (κ3) is 3.01. The fraction of sp³-hybridized carbons (Fsp3) is 0.250. The lowest BCUT2D eigenvalue weighted by Gasteiger charge is -2.17. The highest BCUT2D eigenvalue weighted by atomic mass is 35.5. The predicted molar refractivity (Wildman–Crippen MR) is 46.5 cm³/mol. The quantitative estimate of drug-likeness (QED) is 0.621. The molecule has 0 heterocycles. The van der Waals surface area contributed by atoms with Gasteiger partial charge in [0.05, 0.1) is 5.56 Å². The molecule has 98 valence electrons. The van der Waals surface area contributed by atoms with Crippen molar-refractivity contribution in [2.24, 2.45) is 5.73 Å². The van der Waals surface area contributed by atoms with E-state index in [0.29, 0.717) is 0 Å². The van der Waals surface area contributed by atoms with Gasteiger partial charge in [-0.2, -0.15) is 13.2 Å². The first-order chi connectivity index (χ1) is 7.16. The molecule has 0 saturated heterocycles. The van der Waals surface area contributed by atoms with Crippen LogP contribution in [0.5, 0.6) is 0 Å². The molecule has 1 aromatic carbocycles. The van der Waals surface area contributed by atoms with E-state index in [1.807, 2.05) is 0 Å². The van der Waals surface area contributed by atoms with Crippen LogP contribution >= 0.6 is 12.4 Å². The zero-order chi connectivity index (χ0) is 12.7. The van der Waals surface area contributed by atoms with Gasteiger partial charge in [-0.1, -0.05) is 0 Å². The minimum absolute atomic E-state index is 0. The molecule has 0 aliphatic rings. The Morgan fingerprint density at radius 1 is 0.941 bits per heavy atom. The number of halogens is 8. The summed E-state index contributed by atoms with van der Waals surface area (Å²) in [4.78, 5) is 0. The second-order valence-corrected chi connectivity index (χ2v) is 2.90. The fourth-order valence-electron chi connectivity index (χ4n) is 1.03. The highest BCUT2D eigenvalue weighted by Crippen LogP contribution is 2.34. The molecule has 1 rings (SSSR count). The van der Waals surface area contributed by atoms with Gasteiger partial charge in [-0.25, -0.2) is 17.6 Å². The van der Waals surface area contributed by atoms with Gasteiger partial charge in [0.25, 0.3) is 0 Å². The minimum Gasteiger partial charge on any atom is -0.316 e. The number of hydrogen-bond donors (Lipinski definition) is 1. The highest BCUT2D eigenvalue weighted by molar-refractivity contribution is 5.85. The van der Waals surface area contributed by atoms with Crippen molar-refractivity contribution in [1.29, 1.82) is 0 Å². The molecule has 0 aromatic heterocycles. The van der Waals surface area contributed by atoms with Crippen LogP contribution in [0.4, 0.5) is 30.7 Å². The Hall–Kier alpha value is -1.02. The van der Waals surface area contributed by atoms with E-state index in [2.05, 4.69) is 5.73 Å². The van der Waals surface area contributed by atoms with E-state index in [1.54, 1.807) is 0 Å². The number of benzene rings is 1. The zero-order valence-electron chi connectivity index (χ0n) is 7.79. The van der Waals surface area contributed by atoms with E-state index < -0.39 is 41.1 Å². The highest BCUT2D eigenvalue weighted by Gasteiger charge is 2.42. The van der Waals surface area contributed by atoms with Crippen molar-refractivity contribution >= 4 is 12.4 Å². The van der Waals surface area contributed by atoms with Crippen molar-refractivity contribution in [3.05, 3.63) is 34.9 Å². The van der Waals surface area contributed by atoms with Crippen LogP contribution in [0.1, 0.15) is 11.6 Å². The SMILES string of the molecule is Cl.N[C@@H](c1c(F)c(F)cc(F)c1F)C(F)(F)F. The smallest absolute Gasteiger partial charge is 0.316 e. The summed E-state index contributed by atoms with van der Waals surface area (Å²) >= 11 is 0. The van der Waals surface area contributed by atoms with Crippen molar-refractivity contribution in [2.45, 2.75) is 12.2 Å². The molecule has 9 heteroatoms. The second kappa shape index (κ2) is 5.09. The minimum atomic E-state index is -5.21. The van der Waals surface area contributed by atoms with E-state index in [0.717, 1.165) is 0 Å². The topological polar surface area (TPSA) is 26.0 Å². The lowest BCUT2D eigenvalue weighted by molar-refractivity contribution is -0.150. The summed E-state index contributed by atoms with van der Waals surface area (Å²) in [6.07, 6.45) is -5.21. The van der Waals surface area contributed by atoms with E-state index >= 15 is 0 Å². The van der Waals surface area contributed by atoms with Crippen LogP contribution < -0.4 is 5.73 Å². The Kier molecular flexibility index (Phi) is 4.79. The Balaban J connectivity index is 0.00000256. The molecule has 1 nitrogen and oxygen atoms in total. The van der Waals surface area contributed by atoms with E-state index in [9.17, 15) is 30.7 Å². The predicted octanol–water partition coefficient (Wildman–Crippen LogP) is 3.23. The summed E-state index contributed by atoms with van der Waals surface area (Å²) in [7, 11) is 0. The average molecular weight is 284 g/mol. The van der Waals surface area contributed by atoms with Crippen LogP contribution in [0.25, 0.3) is 0 Å². The van der Waals surface area contributed by atoms with Gasteiger partial charge in [-0.3, -0.25) is 0 Å². The number of nitrogens with two attached hydrogens (primary N) is 1. The number of rotatable bonds is 1. The normalized spacial score (nSPS) is 13.2. The second-order valence-electron chi connectivity index (χ2n) is 2.90. The molecule has 0 aliphatic heterocycles. The van der Waals surface area contributed by atoms with Gasteiger partial charge in [-0.15, -0.1) is 12.4 Å². The largest absolute Gasteiger partial charge is 0.407 e. The van der Waals surface area contributed by atoms with Crippen LogP contribution in [-0.2, 0) is 0 Å². The average Bonchev–Trinajstić information content (AvgIpc) is 2.13. The molecular formula is C8H5ClF7N. The van der Waals surface area contributed by atoms with Gasteiger partial charge in [0.15, 0.2) is 23.3 Å².